The monoisotopic (exact) mass is 1370 g/mol. The van der Waals surface area contributed by atoms with E-state index in [1.54, 1.807) is 0 Å². The minimum Gasteiger partial charge on any atom is -0.311 e. The largest absolute Gasteiger partial charge is 0.311 e. The first kappa shape index (κ1) is 61.4. The van der Waals surface area contributed by atoms with Gasteiger partial charge in [0, 0.05) is 113 Å². The first-order chi connectivity index (χ1) is 53.7. The Morgan fingerprint density at radius 2 is 0.528 bits per heavy atom. The third kappa shape index (κ3) is 9.43. The topological polar surface area (TPSA) is 22.8 Å². The van der Waals surface area contributed by atoms with Crippen molar-refractivity contribution in [3.8, 4) is 67.3 Å². The zero-order chi connectivity index (χ0) is 70.9. The Labute approximate surface area is 628 Å². The highest BCUT2D eigenvalue weighted by atomic mass is 15.2. The quantitative estimate of drug-likeness (QED) is 0.107. The lowest BCUT2D eigenvalue weighted by molar-refractivity contribution is 1.14. The van der Waals surface area contributed by atoms with Crippen molar-refractivity contribution in [2.24, 2.45) is 0 Å². The highest BCUT2D eigenvalue weighted by molar-refractivity contribution is 7.01. The number of rotatable bonds is 13. The minimum absolute atomic E-state index is 0.00321. The van der Waals surface area contributed by atoms with E-state index in [2.05, 4.69) is 429 Å². The second-order valence-corrected chi connectivity index (χ2v) is 28.6. The Morgan fingerprint density at radius 1 is 0.204 bits per heavy atom. The predicted octanol–water partition coefficient (Wildman–Crippen LogP) is 22.1. The highest BCUT2D eigenvalue weighted by Gasteiger charge is 2.45. The zero-order valence-corrected chi connectivity index (χ0v) is 58.9. The van der Waals surface area contributed by atoms with Gasteiger partial charge in [0.15, 0.2) is 0 Å². The minimum atomic E-state index is -0.0340. The van der Waals surface area contributed by atoms with E-state index in [-0.39, 0.29) is 13.4 Å². The van der Waals surface area contributed by atoms with Crippen molar-refractivity contribution in [1.29, 1.82) is 0 Å². The summed E-state index contributed by atoms with van der Waals surface area (Å²) < 4.78 is 5.17. The van der Waals surface area contributed by atoms with Crippen LogP contribution in [0.4, 0.5) is 68.2 Å². The van der Waals surface area contributed by atoms with Crippen LogP contribution in [-0.4, -0.2) is 22.6 Å². The third-order valence-electron chi connectivity index (χ3n) is 22.9. The van der Waals surface area contributed by atoms with Gasteiger partial charge in [0.25, 0.3) is 13.4 Å². The molecule has 2 aromatic heterocycles. The molecule has 8 heteroatoms. The Kier molecular flexibility index (Phi) is 14.1. The molecule has 0 unspecified atom stereocenters. The summed E-state index contributed by atoms with van der Waals surface area (Å²) in [4.78, 5) is 9.75. The van der Waals surface area contributed by atoms with Gasteiger partial charge in [-0.05, 0) is 194 Å². The van der Waals surface area contributed by atoms with Crippen LogP contribution in [0.25, 0.3) is 89.1 Å². The van der Waals surface area contributed by atoms with E-state index >= 15 is 0 Å². The van der Waals surface area contributed by atoms with E-state index in [0.717, 1.165) is 62.3 Å². The Balaban J connectivity index is 0.640. The Hall–Kier alpha value is -14.1. The van der Waals surface area contributed by atoms with E-state index in [1.165, 1.54) is 128 Å². The van der Waals surface area contributed by atoms with Crippen molar-refractivity contribution in [1.82, 2.24) is 9.13 Å². The molecule has 108 heavy (non-hydrogen) atoms. The molecule has 0 saturated heterocycles. The number of nitrogens with zero attached hydrogens (tertiary/aromatic N) is 6. The van der Waals surface area contributed by atoms with Crippen molar-refractivity contribution in [2.75, 3.05) is 19.6 Å². The normalized spacial score (nSPS) is 12.6. The number of para-hydroxylation sites is 7. The lowest BCUT2D eigenvalue weighted by atomic mass is 9.34. The summed E-state index contributed by atoms with van der Waals surface area (Å²) in [7, 11) is 0. The summed E-state index contributed by atoms with van der Waals surface area (Å²) in [6, 6.07) is 148. The first-order valence-corrected chi connectivity index (χ1v) is 37.4. The summed E-state index contributed by atoms with van der Waals surface area (Å²) in [5, 5.41) is 2.49. The van der Waals surface area contributed by atoms with Crippen LogP contribution in [0.3, 0.4) is 0 Å². The maximum absolute atomic E-state index is 2.59. The molecule has 22 rings (SSSR count). The standard InChI is InChI=1S/C100H66B2N6/c1-8-28-69(29-9-1)93-81-42-24-46-86-99(81)107(97(93)71-30-10-2-11-31-71)91-51-27-49-89-96(91)102(86)84-65-64-80(66-92(84)106(89)76-40-20-7-21-41-76)104(75-38-18-6-19-39-75)77-58-56-68(57-59-77)67-52-54-70(55-53-67)94-82-43-25-45-85-100(82)108(98(94)72-32-12-3-13-33-72)90-50-26-48-88-95(90)101(85)83-44-22-23-47-87(83)105(88)79-62-60-78(61-63-79)103(73-34-14-4-15-35-73)74-36-16-5-17-37-74/h1-66H. The van der Waals surface area contributed by atoms with Crippen LogP contribution in [0.5, 0.6) is 0 Å². The lowest BCUT2D eigenvalue weighted by Crippen LogP contribution is -2.60. The van der Waals surface area contributed by atoms with Gasteiger partial charge in [-0.1, -0.05) is 273 Å². The second-order valence-electron chi connectivity index (χ2n) is 28.6. The highest BCUT2D eigenvalue weighted by Crippen LogP contribution is 2.51. The molecule has 4 aliphatic heterocycles. The fourth-order valence-corrected chi connectivity index (χ4v) is 18.5. The van der Waals surface area contributed by atoms with Crippen molar-refractivity contribution in [2.45, 2.75) is 0 Å². The van der Waals surface area contributed by atoms with Gasteiger partial charge in [0.1, 0.15) is 0 Å². The molecule has 6 heterocycles. The fourth-order valence-electron chi connectivity index (χ4n) is 18.5. The van der Waals surface area contributed by atoms with Crippen molar-refractivity contribution < 1.29 is 0 Å². The van der Waals surface area contributed by atoms with Crippen LogP contribution in [0, 0.1) is 0 Å². The number of fused-ring (bicyclic) bond motifs is 8. The van der Waals surface area contributed by atoms with Crippen LogP contribution in [0.15, 0.2) is 400 Å². The van der Waals surface area contributed by atoms with Gasteiger partial charge in [0.05, 0.1) is 11.4 Å². The molecule has 0 saturated carbocycles. The lowest BCUT2D eigenvalue weighted by Gasteiger charge is -2.41. The molecule has 0 atom stereocenters. The van der Waals surface area contributed by atoms with Crippen LogP contribution >= 0.6 is 0 Å². The average Bonchev–Trinajstić information content (AvgIpc) is 1.45. The molecule has 0 spiro atoms. The molecule has 0 bridgehead atoms. The van der Waals surface area contributed by atoms with Crippen LogP contribution in [0.2, 0.25) is 0 Å². The van der Waals surface area contributed by atoms with Gasteiger partial charge < -0.3 is 28.7 Å². The van der Waals surface area contributed by atoms with Gasteiger partial charge >= 0.3 is 0 Å². The van der Waals surface area contributed by atoms with E-state index < -0.39 is 0 Å². The van der Waals surface area contributed by atoms with Crippen molar-refractivity contribution in [3.63, 3.8) is 0 Å². The molecule has 0 amide bonds. The van der Waals surface area contributed by atoms with Gasteiger partial charge in [-0.2, -0.15) is 0 Å². The predicted molar refractivity (Wildman–Crippen MR) is 455 cm³/mol. The summed E-state index contributed by atoms with van der Waals surface area (Å²) in [5.41, 5.74) is 38.0. The maximum atomic E-state index is 2.59. The van der Waals surface area contributed by atoms with Crippen molar-refractivity contribution in [3.05, 3.63) is 400 Å². The molecule has 502 valence electrons. The maximum Gasteiger partial charge on any atom is 0.252 e. The SMILES string of the molecule is c1ccc(-c2c(-c3ccccc3)n3c4c(cccc24)B2c4ccc(N(c5ccccc5)c5ccc(-c6ccc(-c7c(-c8ccccc8)n8c9c(cccc79)B7c9ccccc9N(c9ccc(N(c%10ccccc%10)c%10ccccc%10)cc9)c9cccc-8c97)cc6)cc5)cc4N(c4ccccc4)c4cccc-3c42)cc1. The van der Waals surface area contributed by atoms with E-state index in [4.69, 9.17) is 0 Å². The molecule has 0 radical (unpaired) electrons. The molecule has 6 nitrogen and oxygen atoms in total. The number of aromatic nitrogens is 2. The molecule has 0 aliphatic carbocycles. The molecule has 0 N–H and O–H groups in total. The average molecular weight is 1370 g/mol. The van der Waals surface area contributed by atoms with Gasteiger partial charge in [-0.15, -0.1) is 0 Å². The van der Waals surface area contributed by atoms with Crippen LogP contribution in [-0.2, 0) is 0 Å². The Morgan fingerprint density at radius 3 is 1.03 bits per heavy atom. The number of hydrogen-bond donors (Lipinski definition) is 0. The molecule has 0 fully saturated rings. The van der Waals surface area contributed by atoms with E-state index in [9.17, 15) is 0 Å². The molecular formula is C100H66B2N6. The third-order valence-corrected chi connectivity index (χ3v) is 22.9. The van der Waals surface area contributed by atoms with Gasteiger partial charge in [-0.3, -0.25) is 0 Å². The second kappa shape index (κ2) is 24.8. The fraction of sp³-hybridized carbons (Fsp3) is 0. The zero-order valence-electron chi connectivity index (χ0n) is 58.9. The number of hydrogen-bond acceptors (Lipinski definition) is 4. The van der Waals surface area contributed by atoms with Gasteiger partial charge in [0.2, 0.25) is 0 Å². The van der Waals surface area contributed by atoms with E-state index in [1.807, 2.05) is 0 Å². The van der Waals surface area contributed by atoms with Gasteiger partial charge in [-0.25, -0.2) is 0 Å². The van der Waals surface area contributed by atoms with Crippen molar-refractivity contribution >= 4 is 136 Å². The smallest absolute Gasteiger partial charge is 0.252 e. The molecule has 18 aromatic rings. The number of anilines is 12. The summed E-state index contributed by atoms with van der Waals surface area (Å²) >= 11 is 0. The molecular weight excluding hydrogens is 1310 g/mol. The summed E-state index contributed by atoms with van der Waals surface area (Å²) in [6.07, 6.45) is 0. The van der Waals surface area contributed by atoms with Crippen LogP contribution in [0.1, 0.15) is 0 Å². The summed E-state index contributed by atoms with van der Waals surface area (Å²) in [6.45, 7) is -0.0308. The number of benzene rings is 16. The summed E-state index contributed by atoms with van der Waals surface area (Å²) in [5.74, 6) is 0. The van der Waals surface area contributed by atoms with E-state index in [0.29, 0.717) is 0 Å². The van der Waals surface area contributed by atoms with Crippen LogP contribution < -0.4 is 52.4 Å². The first-order valence-electron chi connectivity index (χ1n) is 37.4. The molecule has 4 aliphatic rings. The Bertz CT molecular complexity index is 6490. The molecule has 16 aromatic carbocycles.